The monoisotopic (exact) mass is 265 g/mol. The van der Waals surface area contributed by atoms with Gasteiger partial charge in [-0.3, -0.25) is 9.80 Å². The summed E-state index contributed by atoms with van der Waals surface area (Å²) in [4.78, 5) is 5.17. The Bertz CT molecular complexity index is 274. The maximum atomic E-state index is 3.88. The molecule has 1 N–H and O–H groups in total. The minimum Gasteiger partial charge on any atom is -0.312 e. The van der Waals surface area contributed by atoms with Gasteiger partial charge in [0.2, 0.25) is 0 Å². The molecule has 1 aliphatic heterocycles. The summed E-state index contributed by atoms with van der Waals surface area (Å²) in [5.41, 5.74) is 0. The van der Waals surface area contributed by atoms with E-state index in [4.69, 9.17) is 0 Å². The van der Waals surface area contributed by atoms with Gasteiger partial charge in [0.25, 0.3) is 0 Å². The van der Waals surface area contributed by atoms with Crippen molar-refractivity contribution in [3.63, 3.8) is 0 Å². The second-order valence-corrected chi connectivity index (χ2v) is 7.28. The van der Waals surface area contributed by atoms with E-state index in [0.717, 1.165) is 17.9 Å². The number of hydrogen-bond acceptors (Lipinski definition) is 3. The molecular weight excluding hydrogens is 234 g/mol. The largest absolute Gasteiger partial charge is 0.312 e. The van der Waals surface area contributed by atoms with Crippen LogP contribution in [0.5, 0.6) is 0 Å². The lowest BCUT2D eigenvalue weighted by Gasteiger charge is -2.42. The highest BCUT2D eigenvalue weighted by Gasteiger charge is 2.41. The molecule has 2 atom stereocenters. The number of rotatable bonds is 6. The van der Waals surface area contributed by atoms with E-state index in [1.54, 1.807) is 0 Å². The van der Waals surface area contributed by atoms with Crippen LogP contribution in [0.3, 0.4) is 0 Å². The summed E-state index contributed by atoms with van der Waals surface area (Å²) in [7, 11) is 2.27. The standard InChI is InChI=1S/C16H31N3/c1-12-10-19(11-13(2)18(12)3)9-8-17-16(14-4-5-14)15-6-7-15/h12-17H,4-11H2,1-3H3. The van der Waals surface area contributed by atoms with Crippen LogP contribution in [0, 0.1) is 11.8 Å². The summed E-state index contributed by atoms with van der Waals surface area (Å²) in [6.07, 6.45) is 5.93. The Kier molecular flexibility index (Phi) is 4.16. The third-order valence-electron chi connectivity index (χ3n) is 5.50. The molecule has 0 aromatic carbocycles. The van der Waals surface area contributed by atoms with Crippen molar-refractivity contribution in [2.45, 2.75) is 57.7 Å². The molecule has 3 heteroatoms. The smallest absolute Gasteiger partial charge is 0.0195 e. The molecule has 0 aromatic heterocycles. The van der Waals surface area contributed by atoms with E-state index in [1.165, 1.54) is 51.9 Å². The fourth-order valence-corrected chi connectivity index (χ4v) is 3.71. The Morgan fingerprint density at radius 1 is 1.00 bits per heavy atom. The molecule has 110 valence electrons. The van der Waals surface area contributed by atoms with Gasteiger partial charge in [-0.1, -0.05) is 0 Å². The van der Waals surface area contributed by atoms with Gasteiger partial charge >= 0.3 is 0 Å². The lowest BCUT2D eigenvalue weighted by atomic mass is 10.1. The van der Waals surface area contributed by atoms with E-state index < -0.39 is 0 Å². The minimum atomic E-state index is 0.700. The Hall–Kier alpha value is -0.120. The first-order chi connectivity index (χ1) is 9.15. The van der Waals surface area contributed by atoms with Crippen LogP contribution in [0.15, 0.2) is 0 Å². The van der Waals surface area contributed by atoms with Crippen molar-refractivity contribution in [3.8, 4) is 0 Å². The van der Waals surface area contributed by atoms with Crippen molar-refractivity contribution >= 4 is 0 Å². The second-order valence-electron chi connectivity index (χ2n) is 7.28. The van der Waals surface area contributed by atoms with Crippen LogP contribution in [-0.4, -0.2) is 61.2 Å². The molecule has 3 aliphatic rings. The van der Waals surface area contributed by atoms with E-state index in [0.29, 0.717) is 12.1 Å². The van der Waals surface area contributed by atoms with Gasteiger partial charge in [-0.25, -0.2) is 0 Å². The van der Waals surface area contributed by atoms with Gasteiger partial charge in [0, 0.05) is 44.3 Å². The number of nitrogens with one attached hydrogen (secondary N) is 1. The Labute approximate surface area is 118 Å². The van der Waals surface area contributed by atoms with Crippen LogP contribution >= 0.6 is 0 Å². The molecule has 0 amide bonds. The third kappa shape index (κ3) is 3.50. The normalized spacial score (nSPS) is 34.1. The van der Waals surface area contributed by atoms with Crippen LogP contribution in [0.25, 0.3) is 0 Å². The van der Waals surface area contributed by atoms with Gasteiger partial charge in [-0.05, 0) is 58.4 Å². The van der Waals surface area contributed by atoms with Crippen LogP contribution in [-0.2, 0) is 0 Å². The minimum absolute atomic E-state index is 0.700. The predicted molar refractivity (Wildman–Crippen MR) is 80.4 cm³/mol. The Morgan fingerprint density at radius 2 is 1.53 bits per heavy atom. The molecule has 3 fully saturated rings. The maximum absolute atomic E-state index is 3.88. The highest BCUT2D eigenvalue weighted by Crippen LogP contribution is 2.44. The van der Waals surface area contributed by atoms with Gasteiger partial charge in [0.15, 0.2) is 0 Å². The van der Waals surface area contributed by atoms with Crippen molar-refractivity contribution in [1.29, 1.82) is 0 Å². The molecule has 1 heterocycles. The fraction of sp³-hybridized carbons (Fsp3) is 1.00. The van der Waals surface area contributed by atoms with Crippen molar-refractivity contribution in [2.24, 2.45) is 11.8 Å². The zero-order valence-corrected chi connectivity index (χ0v) is 12.9. The zero-order chi connectivity index (χ0) is 13.4. The van der Waals surface area contributed by atoms with E-state index in [1.807, 2.05) is 0 Å². The molecule has 0 radical (unpaired) electrons. The zero-order valence-electron chi connectivity index (χ0n) is 12.9. The van der Waals surface area contributed by atoms with Crippen LogP contribution in [0.4, 0.5) is 0 Å². The maximum Gasteiger partial charge on any atom is 0.0195 e. The molecule has 0 spiro atoms. The van der Waals surface area contributed by atoms with E-state index in [9.17, 15) is 0 Å². The van der Waals surface area contributed by atoms with Crippen molar-refractivity contribution in [2.75, 3.05) is 33.2 Å². The summed E-state index contributed by atoms with van der Waals surface area (Å²) in [5.74, 6) is 2.05. The van der Waals surface area contributed by atoms with Gasteiger partial charge in [0.1, 0.15) is 0 Å². The molecule has 1 saturated heterocycles. The Morgan fingerprint density at radius 3 is 2.00 bits per heavy atom. The van der Waals surface area contributed by atoms with Gasteiger partial charge in [-0.15, -0.1) is 0 Å². The summed E-state index contributed by atoms with van der Waals surface area (Å²) < 4.78 is 0. The number of nitrogens with zero attached hydrogens (tertiary/aromatic N) is 2. The predicted octanol–water partition coefficient (Wildman–Crippen LogP) is 1.79. The van der Waals surface area contributed by atoms with Crippen LogP contribution in [0.2, 0.25) is 0 Å². The first kappa shape index (κ1) is 13.8. The van der Waals surface area contributed by atoms with Gasteiger partial charge in [0.05, 0.1) is 0 Å². The lowest BCUT2D eigenvalue weighted by molar-refractivity contribution is 0.0601. The molecule has 0 aromatic rings. The number of likely N-dealkylation sites (N-methyl/N-ethyl adjacent to an activating group) is 1. The molecular formula is C16H31N3. The lowest BCUT2D eigenvalue weighted by Crippen LogP contribution is -2.56. The second kappa shape index (κ2) is 5.71. The molecule has 2 aliphatic carbocycles. The van der Waals surface area contributed by atoms with Crippen molar-refractivity contribution in [1.82, 2.24) is 15.1 Å². The highest BCUT2D eigenvalue weighted by atomic mass is 15.3. The van der Waals surface area contributed by atoms with Crippen LogP contribution in [0.1, 0.15) is 39.5 Å². The van der Waals surface area contributed by atoms with Gasteiger partial charge in [-0.2, -0.15) is 0 Å². The Balaban J connectivity index is 1.39. The van der Waals surface area contributed by atoms with Gasteiger partial charge < -0.3 is 5.32 Å². The molecule has 0 bridgehead atoms. The van der Waals surface area contributed by atoms with E-state index >= 15 is 0 Å². The molecule has 2 saturated carbocycles. The van der Waals surface area contributed by atoms with Crippen molar-refractivity contribution in [3.05, 3.63) is 0 Å². The SMILES string of the molecule is CC1CN(CCNC(C2CC2)C2CC2)CC(C)N1C. The topological polar surface area (TPSA) is 18.5 Å². The number of piperazine rings is 1. The van der Waals surface area contributed by atoms with Crippen LogP contribution < -0.4 is 5.32 Å². The number of hydrogen-bond donors (Lipinski definition) is 1. The average Bonchev–Trinajstić information content (AvgIpc) is 3.25. The van der Waals surface area contributed by atoms with E-state index in [2.05, 4.69) is 36.0 Å². The summed E-state index contributed by atoms with van der Waals surface area (Å²) >= 11 is 0. The molecule has 3 nitrogen and oxygen atoms in total. The quantitative estimate of drug-likeness (QED) is 0.790. The molecule has 19 heavy (non-hydrogen) atoms. The third-order valence-corrected chi connectivity index (χ3v) is 5.50. The molecule has 2 unspecified atom stereocenters. The first-order valence-corrected chi connectivity index (χ1v) is 8.33. The van der Waals surface area contributed by atoms with E-state index in [-0.39, 0.29) is 0 Å². The first-order valence-electron chi connectivity index (χ1n) is 8.33. The average molecular weight is 265 g/mol. The highest BCUT2D eigenvalue weighted by molar-refractivity contribution is 4.96. The van der Waals surface area contributed by atoms with Crippen molar-refractivity contribution < 1.29 is 0 Å². The summed E-state index contributed by atoms with van der Waals surface area (Å²) in [5, 5.41) is 3.88. The summed E-state index contributed by atoms with van der Waals surface area (Å²) in [6.45, 7) is 9.61. The fourth-order valence-electron chi connectivity index (χ4n) is 3.71. The molecule has 3 rings (SSSR count). The summed E-state index contributed by atoms with van der Waals surface area (Å²) in [6, 6.07) is 2.26.